The van der Waals surface area contributed by atoms with Crippen molar-refractivity contribution >= 4 is 42.5 Å². The van der Waals surface area contributed by atoms with E-state index in [1.165, 1.54) is 0 Å². The maximum Gasteiger partial charge on any atom is 0.323 e. The van der Waals surface area contributed by atoms with Gasteiger partial charge in [0.1, 0.15) is 38.4 Å². The molecule has 230 valence electrons. The van der Waals surface area contributed by atoms with Crippen molar-refractivity contribution in [2.75, 3.05) is 13.1 Å². The van der Waals surface area contributed by atoms with Crippen molar-refractivity contribution in [1.82, 2.24) is 4.90 Å². The molecule has 0 radical (unpaired) electrons. The number of carboxylic acid groups (broad SMARTS) is 2. The van der Waals surface area contributed by atoms with Crippen LogP contribution >= 0.6 is 0 Å². The molecule has 1 amide bonds. The summed E-state index contributed by atoms with van der Waals surface area (Å²) in [5.74, 6) is -1.97. The molecule has 5 rings (SSSR count). The summed E-state index contributed by atoms with van der Waals surface area (Å²) in [4.78, 5) is 49.2. The van der Waals surface area contributed by atoms with E-state index in [1.54, 1.807) is 42.5 Å². The van der Waals surface area contributed by atoms with Crippen molar-refractivity contribution in [2.24, 2.45) is 0 Å². The second-order valence-electron chi connectivity index (χ2n) is 11.9. The third-order valence-electron chi connectivity index (χ3n) is 8.25. The normalized spacial score (nSPS) is 14.8. The molecule has 0 bridgehead atoms. The van der Waals surface area contributed by atoms with E-state index in [0.717, 1.165) is 43.1 Å². The molecule has 3 aromatic rings. The van der Waals surface area contributed by atoms with E-state index in [-0.39, 0.29) is 17.1 Å². The number of nitrogens with zero attached hydrogens (tertiary/aromatic N) is 1. The van der Waals surface area contributed by atoms with Gasteiger partial charge < -0.3 is 25.0 Å². The molecule has 0 saturated heterocycles. The molecule has 0 aromatic heterocycles. The first-order valence-electron chi connectivity index (χ1n) is 14.3. The van der Waals surface area contributed by atoms with Crippen LogP contribution in [0.5, 0.6) is 17.2 Å². The predicted octanol–water partition coefficient (Wildman–Crippen LogP) is 5.06. The van der Waals surface area contributed by atoms with Crippen LogP contribution in [0.3, 0.4) is 0 Å². The van der Waals surface area contributed by atoms with E-state index in [2.05, 4.69) is 13.1 Å². The number of hydrogen-bond acceptors (Lipinski definition) is 6. The Kier molecular flexibility index (Phi) is 8.11. The minimum atomic E-state index is -2.42. The van der Waals surface area contributed by atoms with Gasteiger partial charge in [-0.3, -0.25) is 19.2 Å². The van der Waals surface area contributed by atoms with Crippen LogP contribution in [0, 0.1) is 20.8 Å². The molecule has 0 saturated carbocycles. The fourth-order valence-corrected chi connectivity index (χ4v) is 9.12. The van der Waals surface area contributed by atoms with Gasteiger partial charge in [0.25, 0.3) is 5.91 Å². The first-order valence-corrected chi connectivity index (χ1v) is 17.3. The number of carbonyl (C=O) groups excluding carboxylic acids is 2. The molecule has 2 aliphatic rings. The molecule has 1 aliphatic carbocycles. The summed E-state index contributed by atoms with van der Waals surface area (Å²) < 4.78 is 6.26. The van der Waals surface area contributed by atoms with Crippen molar-refractivity contribution in [3.8, 4) is 17.2 Å². The summed E-state index contributed by atoms with van der Waals surface area (Å²) in [6.07, 6.45) is 5.09. The number of amides is 1. The number of aryl methyl sites for hydroxylation is 3. The molecule has 45 heavy (non-hydrogen) atoms. The molecule has 10 heteroatoms. The van der Waals surface area contributed by atoms with Crippen LogP contribution in [0.15, 0.2) is 77.5 Å². The number of fused-ring (bicyclic) bond motifs is 2. The second kappa shape index (κ2) is 11.7. The Morgan fingerprint density at radius 2 is 1.42 bits per heavy atom. The van der Waals surface area contributed by atoms with E-state index in [0.29, 0.717) is 22.6 Å². The number of ether oxygens (including phenoxy) is 1. The van der Waals surface area contributed by atoms with E-state index in [1.807, 2.05) is 45.0 Å². The Morgan fingerprint density at radius 1 is 0.800 bits per heavy atom. The van der Waals surface area contributed by atoms with Crippen LogP contribution in [0.2, 0.25) is 13.1 Å². The second-order valence-corrected chi connectivity index (χ2v) is 16.2. The SMILES string of the molecule is Cc1cc(C(=O)N(CC(=O)O)CC(=O)O)ccc1C1=C2C=CC(=O)C=C2[Si](C)(C)c2cc(Oc3cc(C)c(O)c(C)c3)ccc21. The van der Waals surface area contributed by atoms with Gasteiger partial charge in [0.2, 0.25) is 0 Å². The maximum atomic E-state index is 13.2. The highest BCUT2D eigenvalue weighted by atomic mass is 28.3. The van der Waals surface area contributed by atoms with Gasteiger partial charge in [0.05, 0.1) is 0 Å². The molecule has 0 atom stereocenters. The molecular formula is C35H33NO8Si. The molecular weight excluding hydrogens is 590 g/mol. The number of carbonyl (C=O) groups is 4. The van der Waals surface area contributed by atoms with Crippen LogP contribution in [0.1, 0.15) is 38.2 Å². The van der Waals surface area contributed by atoms with Crippen LogP contribution in [0.4, 0.5) is 0 Å². The third-order valence-corrected chi connectivity index (χ3v) is 11.8. The number of benzene rings is 3. The number of rotatable bonds is 8. The lowest BCUT2D eigenvalue weighted by atomic mass is 9.87. The van der Waals surface area contributed by atoms with Crippen molar-refractivity contribution in [1.29, 1.82) is 0 Å². The highest BCUT2D eigenvalue weighted by Gasteiger charge is 2.40. The number of aromatic hydroxyl groups is 1. The lowest BCUT2D eigenvalue weighted by molar-refractivity contribution is -0.140. The number of phenols is 1. The minimum absolute atomic E-state index is 0.0887. The molecule has 0 spiro atoms. The highest BCUT2D eigenvalue weighted by Crippen LogP contribution is 2.43. The summed E-state index contributed by atoms with van der Waals surface area (Å²) in [5, 5.41) is 30.7. The topological polar surface area (TPSA) is 141 Å². The Morgan fingerprint density at radius 3 is 2.02 bits per heavy atom. The number of phenolic OH excluding ortho intramolecular Hbond substituents is 1. The van der Waals surface area contributed by atoms with Gasteiger partial charge >= 0.3 is 11.9 Å². The summed E-state index contributed by atoms with van der Waals surface area (Å²) in [7, 11) is -2.42. The Labute approximate surface area is 261 Å². The van der Waals surface area contributed by atoms with E-state index in [4.69, 9.17) is 4.74 Å². The Balaban J connectivity index is 1.62. The van der Waals surface area contributed by atoms with Crippen molar-refractivity contribution in [3.05, 3.63) is 111 Å². The van der Waals surface area contributed by atoms with Gasteiger partial charge in [-0.2, -0.15) is 0 Å². The summed E-state index contributed by atoms with van der Waals surface area (Å²) >= 11 is 0. The van der Waals surface area contributed by atoms with Gasteiger partial charge in [0.15, 0.2) is 5.78 Å². The molecule has 3 N–H and O–H groups in total. The predicted molar refractivity (Wildman–Crippen MR) is 172 cm³/mol. The minimum Gasteiger partial charge on any atom is -0.507 e. The van der Waals surface area contributed by atoms with Gasteiger partial charge in [-0.25, -0.2) is 0 Å². The molecule has 0 unspecified atom stereocenters. The van der Waals surface area contributed by atoms with E-state index in [9.17, 15) is 34.5 Å². The van der Waals surface area contributed by atoms with Gasteiger partial charge in [-0.05, 0) is 119 Å². The van der Waals surface area contributed by atoms with Crippen LogP contribution in [0.25, 0.3) is 5.57 Å². The van der Waals surface area contributed by atoms with Gasteiger partial charge in [0, 0.05) is 5.56 Å². The zero-order valence-corrected chi connectivity index (χ0v) is 26.6. The van der Waals surface area contributed by atoms with E-state index >= 15 is 0 Å². The summed E-state index contributed by atoms with van der Waals surface area (Å²) in [5.41, 5.74) is 5.91. The number of aliphatic carboxylic acids is 2. The van der Waals surface area contributed by atoms with Crippen molar-refractivity contribution in [3.63, 3.8) is 0 Å². The number of carboxylic acids is 2. The molecule has 1 heterocycles. The van der Waals surface area contributed by atoms with Crippen molar-refractivity contribution < 1.29 is 39.2 Å². The molecule has 1 aliphatic heterocycles. The lowest BCUT2D eigenvalue weighted by Gasteiger charge is -2.38. The summed E-state index contributed by atoms with van der Waals surface area (Å²) in [6, 6.07) is 14.4. The number of hydrogen-bond donors (Lipinski definition) is 3. The smallest absolute Gasteiger partial charge is 0.323 e. The Hall–Kier alpha value is -5.22. The molecule has 9 nitrogen and oxygen atoms in total. The number of ketones is 1. The van der Waals surface area contributed by atoms with Gasteiger partial charge in [-0.1, -0.05) is 31.3 Å². The zero-order valence-electron chi connectivity index (χ0n) is 25.6. The van der Waals surface area contributed by atoms with Crippen LogP contribution in [-0.4, -0.2) is 65.0 Å². The lowest BCUT2D eigenvalue weighted by Crippen LogP contribution is -2.49. The quantitative estimate of drug-likeness (QED) is 0.296. The molecule has 3 aromatic carbocycles. The average Bonchev–Trinajstić information content (AvgIpc) is 2.96. The van der Waals surface area contributed by atoms with Crippen LogP contribution < -0.4 is 9.92 Å². The van der Waals surface area contributed by atoms with Crippen LogP contribution in [-0.2, 0) is 14.4 Å². The third kappa shape index (κ3) is 5.96. The largest absolute Gasteiger partial charge is 0.507 e. The number of allylic oxidation sites excluding steroid dienone is 5. The van der Waals surface area contributed by atoms with Crippen molar-refractivity contribution in [2.45, 2.75) is 33.9 Å². The Bertz CT molecular complexity index is 1860. The van der Waals surface area contributed by atoms with Gasteiger partial charge in [-0.15, -0.1) is 0 Å². The fourth-order valence-electron chi connectivity index (χ4n) is 6.06. The monoisotopic (exact) mass is 623 g/mol. The summed E-state index contributed by atoms with van der Waals surface area (Å²) in [6.45, 7) is 8.36. The van der Waals surface area contributed by atoms with E-state index < -0.39 is 39.0 Å². The highest BCUT2D eigenvalue weighted by molar-refractivity contribution is 6.98. The fraction of sp³-hybridized carbons (Fsp3) is 0.200. The average molecular weight is 624 g/mol. The first kappa shape index (κ1) is 31.2. The standard InChI is InChI=1S/C35H33NO8Si/c1-19-12-22(35(43)36(17-31(38)39)18-32(40)41)6-9-26(19)33-27-10-7-23(37)15-29(27)45(4,5)30-16-24(8-11-28(30)33)44-25-13-20(2)34(42)21(3)14-25/h6-16,42H,17-18H2,1-5H3,(H,38,39)(H,40,41). The maximum absolute atomic E-state index is 13.2. The first-order chi connectivity index (χ1) is 21.2. The molecule has 0 fully saturated rings. The zero-order chi connectivity index (χ0) is 32.8.